The minimum atomic E-state index is -3.96. The average molecular weight is 421 g/mol. The van der Waals surface area contributed by atoms with Gasteiger partial charge in [-0.25, -0.2) is 21.6 Å². The fraction of sp³-hybridized carbons (Fsp3) is 0.200. The molecule has 25 heavy (non-hydrogen) atoms. The fourth-order valence-electron chi connectivity index (χ4n) is 2.08. The minimum Gasteiger partial charge on any atom is -0.280 e. The summed E-state index contributed by atoms with van der Waals surface area (Å²) in [4.78, 5) is -0.0862. The number of hydrogen-bond acceptors (Lipinski definition) is 4. The van der Waals surface area contributed by atoms with Gasteiger partial charge in [0, 0.05) is 16.8 Å². The Hall–Kier alpha value is -1.32. The SMILES string of the molecule is O=S(=O)(NC1CC1)c1ccc(NS(=O)(=O)c2cc(Cl)ccc2Cl)cc1. The van der Waals surface area contributed by atoms with Crippen molar-refractivity contribution in [2.45, 2.75) is 28.7 Å². The highest BCUT2D eigenvalue weighted by Gasteiger charge is 2.28. The summed E-state index contributed by atoms with van der Waals surface area (Å²) >= 11 is 11.7. The molecule has 0 unspecified atom stereocenters. The smallest absolute Gasteiger partial charge is 0.263 e. The van der Waals surface area contributed by atoms with Crippen molar-refractivity contribution < 1.29 is 16.8 Å². The Bertz CT molecular complexity index is 1000. The van der Waals surface area contributed by atoms with Crippen molar-refractivity contribution in [1.29, 1.82) is 0 Å². The molecular formula is C15H14Cl2N2O4S2. The molecule has 2 aromatic carbocycles. The zero-order valence-electron chi connectivity index (χ0n) is 12.7. The first-order valence-corrected chi connectivity index (χ1v) is 11.0. The summed E-state index contributed by atoms with van der Waals surface area (Å²) < 4.78 is 54.0. The number of rotatable bonds is 6. The minimum absolute atomic E-state index is 0.00634. The summed E-state index contributed by atoms with van der Waals surface area (Å²) in [6.07, 6.45) is 1.66. The third-order valence-electron chi connectivity index (χ3n) is 3.50. The van der Waals surface area contributed by atoms with Crippen molar-refractivity contribution >= 4 is 48.9 Å². The summed E-state index contributed by atoms with van der Waals surface area (Å²) in [5.74, 6) is 0. The molecule has 0 radical (unpaired) electrons. The Kier molecular flexibility index (Phi) is 5.00. The predicted molar refractivity (Wildman–Crippen MR) is 97.1 cm³/mol. The number of nitrogens with one attached hydrogen (secondary N) is 2. The largest absolute Gasteiger partial charge is 0.280 e. The second-order valence-electron chi connectivity index (χ2n) is 5.60. The van der Waals surface area contributed by atoms with Gasteiger partial charge >= 0.3 is 0 Å². The number of benzene rings is 2. The van der Waals surface area contributed by atoms with E-state index in [0.29, 0.717) is 0 Å². The van der Waals surface area contributed by atoms with E-state index < -0.39 is 20.0 Å². The van der Waals surface area contributed by atoms with Gasteiger partial charge in [-0.3, -0.25) is 4.72 Å². The lowest BCUT2D eigenvalue weighted by atomic mass is 10.3. The third kappa shape index (κ3) is 4.45. The highest BCUT2D eigenvalue weighted by Crippen LogP contribution is 2.27. The molecule has 0 aliphatic heterocycles. The lowest BCUT2D eigenvalue weighted by Crippen LogP contribution is -2.25. The van der Waals surface area contributed by atoms with Crippen molar-refractivity contribution in [2.24, 2.45) is 0 Å². The van der Waals surface area contributed by atoms with Crippen LogP contribution in [0.3, 0.4) is 0 Å². The molecular weight excluding hydrogens is 407 g/mol. The predicted octanol–water partition coefficient (Wildman–Crippen LogP) is 3.23. The summed E-state index contributed by atoms with van der Waals surface area (Å²) in [5.41, 5.74) is 0.210. The normalized spacial score (nSPS) is 15.1. The molecule has 2 aromatic rings. The van der Waals surface area contributed by atoms with E-state index in [1.54, 1.807) is 0 Å². The molecule has 0 aromatic heterocycles. The molecule has 6 nitrogen and oxygen atoms in total. The molecule has 10 heteroatoms. The first-order chi connectivity index (χ1) is 11.7. The van der Waals surface area contributed by atoms with Crippen molar-refractivity contribution in [3.63, 3.8) is 0 Å². The molecule has 1 saturated carbocycles. The van der Waals surface area contributed by atoms with Crippen LogP contribution in [0.5, 0.6) is 0 Å². The molecule has 0 heterocycles. The maximum absolute atomic E-state index is 12.4. The van der Waals surface area contributed by atoms with Gasteiger partial charge in [-0.15, -0.1) is 0 Å². The highest BCUT2D eigenvalue weighted by atomic mass is 35.5. The van der Waals surface area contributed by atoms with Gasteiger partial charge in [-0.1, -0.05) is 23.2 Å². The van der Waals surface area contributed by atoms with Crippen LogP contribution in [0.4, 0.5) is 5.69 Å². The average Bonchev–Trinajstić information content (AvgIpc) is 3.33. The first kappa shape index (κ1) is 18.5. The summed E-state index contributed by atoms with van der Waals surface area (Å²) in [5, 5.41) is 0.266. The number of hydrogen-bond donors (Lipinski definition) is 2. The molecule has 0 bridgehead atoms. The van der Waals surface area contributed by atoms with Crippen LogP contribution in [0.15, 0.2) is 52.3 Å². The van der Waals surface area contributed by atoms with Crippen LogP contribution in [-0.4, -0.2) is 22.9 Å². The van der Waals surface area contributed by atoms with E-state index in [1.807, 2.05) is 0 Å². The van der Waals surface area contributed by atoms with E-state index in [0.717, 1.165) is 12.8 Å². The second-order valence-corrected chi connectivity index (χ2v) is 9.81. The Balaban J connectivity index is 1.82. The highest BCUT2D eigenvalue weighted by molar-refractivity contribution is 7.92. The van der Waals surface area contributed by atoms with Crippen LogP contribution in [0.1, 0.15) is 12.8 Å². The first-order valence-electron chi connectivity index (χ1n) is 7.28. The zero-order chi connectivity index (χ0) is 18.2. The molecule has 1 aliphatic carbocycles. The topological polar surface area (TPSA) is 92.3 Å². The van der Waals surface area contributed by atoms with E-state index in [2.05, 4.69) is 9.44 Å². The summed E-state index contributed by atoms with van der Waals surface area (Å²) in [7, 11) is -7.54. The Morgan fingerprint density at radius 2 is 1.52 bits per heavy atom. The van der Waals surface area contributed by atoms with Gasteiger partial charge in [-0.2, -0.15) is 0 Å². The standard InChI is InChI=1S/C15H14Cl2N2O4S2/c16-10-1-8-14(17)15(9-10)25(22,23)19-12-4-6-13(7-5-12)24(20,21)18-11-2-3-11/h1,4-9,11,18-19H,2-3H2. The van der Waals surface area contributed by atoms with E-state index in [9.17, 15) is 16.8 Å². The van der Waals surface area contributed by atoms with Gasteiger partial charge < -0.3 is 0 Å². The van der Waals surface area contributed by atoms with Crippen molar-refractivity contribution in [2.75, 3.05) is 4.72 Å². The van der Waals surface area contributed by atoms with Gasteiger partial charge in [0.2, 0.25) is 10.0 Å². The van der Waals surface area contributed by atoms with E-state index in [4.69, 9.17) is 23.2 Å². The third-order valence-corrected chi connectivity index (χ3v) is 7.13. The molecule has 0 atom stereocenters. The van der Waals surface area contributed by atoms with Crippen LogP contribution >= 0.6 is 23.2 Å². The van der Waals surface area contributed by atoms with Gasteiger partial charge in [0.1, 0.15) is 4.90 Å². The van der Waals surface area contributed by atoms with E-state index in [1.165, 1.54) is 42.5 Å². The molecule has 134 valence electrons. The quantitative estimate of drug-likeness (QED) is 0.749. The lowest BCUT2D eigenvalue weighted by Gasteiger charge is -2.11. The molecule has 1 aliphatic rings. The van der Waals surface area contributed by atoms with Crippen LogP contribution in [0, 0.1) is 0 Å². The van der Waals surface area contributed by atoms with E-state index in [-0.39, 0.29) is 31.6 Å². The number of anilines is 1. The van der Waals surface area contributed by atoms with Crippen molar-refractivity contribution in [3.05, 3.63) is 52.5 Å². The zero-order valence-corrected chi connectivity index (χ0v) is 15.9. The Labute approximate surface area is 156 Å². The van der Waals surface area contributed by atoms with Gasteiger partial charge in [0.25, 0.3) is 10.0 Å². The van der Waals surface area contributed by atoms with Crippen molar-refractivity contribution in [1.82, 2.24) is 4.72 Å². The monoisotopic (exact) mass is 420 g/mol. The maximum atomic E-state index is 12.4. The Morgan fingerprint density at radius 1 is 0.880 bits per heavy atom. The molecule has 2 N–H and O–H groups in total. The molecule has 0 spiro atoms. The van der Waals surface area contributed by atoms with Gasteiger partial charge in [0.15, 0.2) is 0 Å². The van der Waals surface area contributed by atoms with E-state index >= 15 is 0 Å². The summed E-state index contributed by atoms with van der Waals surface area (Å²) in [6, 6.07) is 9.52. The van der Waals surface area contributed by atoms with Crippen molar-refractivity contribution in [3.8, 4) is 0 Å². The molecule has 1 fully saturated rings. The second kappa shape index (κ2) is 6.77. The molecule has 3 rings (SSSR count). The van der Waals surface area contributed by atoms with Crippen LogP contribution < -0.4 is 9.44 Å². The maximum Gasteiger partial charge on any atom is 0.263 e. The van der Waals surface area contributed by atoms with Crippen LogP contribution in [-0.2, 0) is 20.0 Å². The van der Waals surface area contributed by atoms with Crippen LogP contribution in [0.25, 0.3) is 0 Å². The Morgan fingerprint density at radius 3 is 2.12 bits per heavy atom. The molecule has 0 amide bonds. The van der Waals surface area contributed by atoms with Crippen LogP contribution in [0.2, 0.25) is 10.0 Å². The fourth-order valence-corrected chi connectivity index (χ4v) is 5.21. The lowest BCUT2D eigenvalue weighted by molar-refractivity contribution is 0.581. The van der Waals surface area contributed by atoms with Gasteiger partial charge in [0.05, 0.1) is 9.92 Å². The molecule has 0 saturated heterocycles. The number of halogens is 2. The number of sulfonamides is 2. The van der Waals surface area contributed by atoms with Gasteiger partial charge in [-0.05, 0) is 55.3 Å². The summed E-state index contributed by atoms with van der Waals surface area (Å²) in [6.45, 7) is 0.